The fourth-order valence-corrected chi connectivity index (χ4v) is 4.43. The number of nitrogens with one attached hydrogen (secondary N) is 2. The maximum Gasteiger partial charge on any atom is 0.254 e. The summed E-state index contributed by atoms with van der Waals surface area (Å²) in [4.78, 5) is 25.3. The van der Waals surface area contributed by atoms with Gasteiger partial charge in [-0.2, -0.15) is 4.98 Å². The van der Waals surface area contributed by atoms with Crippen molar-refractivity contribution in [3.8, 4) is 11.1 Å². The Morgan fingerprint density at radius 1 is 1.12 bits per heavy atom. The molecule has 5 rings (SSSR count). The number of fused-ring (bicyclic) bond motifs is 1. The molecule has 0 unspecified atom stereocenters. The Bertz CT molecular complexity index is 1300. The summed E-state index contributed by atoms with van der Waals surface area (Å²) in [7, 11) is 0. The van der Waals surface area contributed by atoms with Crippen molar-refractivity contribution in [1.29, 1.82) is 0 Å². The highest BCUT2D eigenvalue weighted by Gasteiger charge is 2.22. The third-order valence-corrected chi connectivity index (χ3v) is 6.33. The second-order valence-corrected chi connectivity index (χ2v) is 8.65. The molecule has 3 aromatic heterocycles. The van der Waals surface area contributed by atoms with Crippen molar-refractivity contribution in [3.05, 3.63) is 66.7 Å². The Morgan fingerprint density at radius 3 is 2.85 bits per heavy atom. The molecule has 1 aromatic carbocycles. The van der Waals surface area contributed by atoms with Crippen LogP contribution in [0.2, 0.25) is 0 Å². The van der Waals surface area contributed by atoms with Gasteiger partial charge >= 0.3 is 0 Å². The molecule has 168 valence electrons. The van der Waals surface area contributed by atoms with Crippen LogP contribution in [0.15, 0.2) is 61.2 Å². The fraction of sp³-hybridized carbons (Fsp3) is 0.280. The number of imidazole rings is 1. The van der Waals surface area contributed by atoms with Crippen LogP contribution in [0.25, 0.3) is 16.8 Å². The second kappa shape index (κ2) is 8.90. The van der Waals surface area contributed by atoms with Crippen molar-refractivity contribution < 1.29 is 4.79 Å². The summed E-state index contributed by atoms with van der Waals surface area (Å²) in [5.41, 5.74) is 9.63. The van der Waals surface area contributed by atoms with E-state index < -0.39 is 5.91 Å². The minimum atomic E-state index is -0.572. The molecular formula is C25H27N7O. The molecule has 0 saturated heterocycles. The Balaban J connectivity index is 1.42. The van der Waals surface area contributed by atoms with Crippen LogP contribution in [-0.2, 0) is 0 Å². The number of amides is 1. The molecule has 1 amide bonds. The van der Waals surface area contributed by atoms with Gasteiger partial charge in [0.1, 0.15) is 17.0 Å². The number of nitrogens with two attached hydrogens (primary N) is 1. The number of hydrogen-bond acceptors (Lipinski definition) is 6. The number of carbonyl (C=O) groups is 1. The van der Waals surface area contributed by atoms with E-state index in [0.29, 0.717) is 23.7 Å². The standard InChI is InChI=1S/C25H27N7O/c1-16-5-2-3-8-21(16)30-25-28-14-20(23(26)33)24(31-25)29-19-7-4-6-17(13-19)18-9-10-22-27-11-12-32(22)15-18/h4,6-7,9-16,21H,2-3,5,8H2,1H3,(H2,26,33)(H2,28,29,30,31)/t16-,21+/m0/s1. The molecule has 0 spiro atoms. The van der Waals surface area contributed by atoms with E-state index in [1.807, 2.05) is 53.2 Å². The highest BCUT2D eigenvalue weighted by atomic mass is 16.1. The summed E-state index contributed by atoms with van der Waals surface area (Å²) < 4.78 is 1.98. The van der Waals surface area contributed by atoms with Gasteiger partial charge in [0.25, 0.3) is 5.91 Å². The average Bonchev–Trinajstić information content (AvgIpc) is 3.29. The van der Waals surface area contributed by atoms with Gasteiger partial charge in [-0.3, -0.25) is 4.79 Å². The van der Waals surface area contributed by atoms with Crippen molar-refractivity contribution in [3.63, 3.8) is 0 Å². The van der Waals surface area contributed by atoms with E-state index in [-0.39, 0.29) is 5.56 Å². The lowest BCUT2D eigenvalue weighted by Gasteiger charge is -2.29. The van der Waals surface area contributed by atoms with E-state index in [1.54, 1.807) is 6.20 Å². The van der Waals surface area contributed by atoms with Crippen molar-refractivity contribution in [2.45, 2.75) is 38.6 Å². The lowest BCUT2D eigenvalue weighted by atomic mass is 9.86. The van der Waals surface area contributed by atoms with E-state index >= 15 is 0 Å². The summed E-state index contributed by atoms with van der Waals surface area (Å²) in [5.74, 6) is 0.879. The second-order valence-electron chi connectivity index (χ2n) is 8.65. The predicted octanol–water partition coefficient (Wildman–Crippen LogP) is 4.62. The number of nitrogens with zero attached hydrogens (tertiary/aromatic N) is 4. The van der Waals surface area contributed by atoms with Gasteiger partial charge in [-0.15, -0.1) is 0 Å². The predicted molar refractivity (Wildman–Crippen MR) is 130 cm³/mol. The Morgan fingerprint density at radius 2 is 2.00 bits per heavy atom. The van der Waals surface area contributed by atoms with E-state index in [4.69, 9.17) is 5.73 Å². The van der Waals surface area contributed by atoms with Gasteiger partial charge in [-0.25, -0.2) is 9.97 Å². The molecule has 1 aliphatic rings. The largest absolute Gasteiger partial charge is 0.365 e. The van der Waals surface area contributed by atoms with E-state index in [0.717, 1.165) is 28.9 Å². The van der Waals surface area contributed by atoms with Gasteiger partial charge in [-0.05, 0) is 54.2 Å². The summed E-state index contributed by atoms with van der Waals surface area (Å²) >= 11 is 0. The van der Waals surface area contributed by atoms with Crippen LogP contribution in [-0.4, -0.2) is 31.3 Å². The zero-order chi connectivity index (χ0) is 22.8. The third kappa shape index (κ3) is 4.50. The smallest absolute Gasteiger partial charge is 0.254 e. The number of benzene rings is 1. The number of rotatable bonds is 6. The third-order valence-electron chi connectivity index (χ3n) is 6.33. The molecule has 4 N–H and O–H groups in total. The molecular weight excluding hydrogens is 414 g/mol. The highest BCUT2D eigenvalue weighted by Crippen LogP contribution is 2.28. The number of aromatic nitrogens is 4. The topological polar surface area (TPSA) is 110 Å². The van der Waals surface area contributed by atoms with Crippen LogP contribution < -0.4 is 16.4 Å². The first-order chi connectivity index (χ1) is 16.1. The van der Waals surface area contributed by atoms with Crippen LogP contribution in [0.4, 0.5) is 17.5 Å². The molecule has 8 heteroatoms. The minimum absolute atomic E-state index is 0.252. The molecule has 0 aliphatic heterocycles. The molecule has 1 saturated carbocycles. The molecule has 33 heavy (non-hydrogen) atoms. The highest BCUT2D eigenvalue weighted by molar-refractivity contribution is 5.98. The maximum atomic E-state index is 12.0. The molecule has 0 bridgehead atoms. The van der Waals surface area contributed by atoms with E-state index in [9.17, 15) is 4.79 Å². The minimum Gasteiger partial charge on any atom is -0.365 e. The maximum absolute atomic E-state index is 12.0. The quantitative estimate of drug-likeness (QED) is 0.403. The normalized spacial score (nSPS) is 18.2. The van der Waals surface area contributed by atoms with Crippen LogP contribution in [0.1, 0.15) is 43.0 Å². The molecule has 1 aliphatic carbocycles. The van der Waals surface area contributed by atoms with Gasteiger partial charge in [0, 0.05) is 36.5 Å². The fourth-order valence-electron chi connectivity index (χ4n) is 4.43. The number of primary amides is 1. The van der Waals surface area contributed by atoms with E-state index in [2.05, 4.69) is 32.5 Å². The molecule has 8 nitrogen and oxygen atoms in total. The average molecular weight is 442 g/mol. The van der Waals surface area contributed by atoms with Crippen LogP contribution in [0.3, 0.4) is 0 Å². The monoisotopic (exact) mass is 441 g/mol. The first-order valence-corrected chi connectivity index (χ1v) is 11.3. The summed E-state index contributed by atoms with van der Waals surface area (Å²) in [5, 5.41) is 6.73. The van der Waals surface area contributed by atoms with Gasteiger partial charge in [0.2, 0.25) is 5.95 Å². The van der Waals surface area contributed by atoms with Crippen LogP contribution >= 0.6 is 0 Å². The summed E-state index contributed by atoms with van der Waals surface area (Å²) in [6, 6.07) is 12.3. The van der Waals surface area contributed by atoms with Crippen molar-refractivity contribution >= 4 is 29.0 Å². The molecule has 0 radical (unpaired) electrons. The van der Waals surface area contributed by atoms with Gasteiger partial charge < -0.3 is 20.8 Å². The first-order valence-electron chi connectivity index (χ1n) is 11.3. The number of carbonyl (C=O) groups excluding carboxylic acids is 1. The van der Waals surface area contributed by atoms with Gasteiger partial charge in [0.15, 0.2) is 0 Å². The zero-order valence-corrected chi connectivity index (χ0v) is 18.5. The first kappa shape index (κ1) is 20.9. The van der Waals surface area contributed by atoms with Gasteiger partial charge in [-0.1, -0.05) is 31.9 Å². The SMILES string of the molecule is C[C@H]1CCCC[C@H]1Nc1ncc(C(N)=O)c(Nc2cccc(-c3ccc4nccn4c3)c2)n1. The molecule has 3 heterocycles. The molecule has 2 atom stereocenters. The zero-order valence-electron chi connectivity index (χ0n) is 18.5. The summed E-state index contributed by atoms with van der Waals surface area (Å²) in [6.07, 6.45) is 12.0. The lowest BCUT2D eigenvalue weighted by molar-refractivity contribution is 0.100. The Labute approximate surface area is 192 Å². The van der Waals surface area contributed by atoms with Crippen molar-refractivity contribution in [2.75, 3.05) is 10.6 Å². The van der Waals surface area contributed by atoms with Crippen LogP contribution in [0.5, 0.6) is 0 Å². The molecule has 4 aromatic rings. The number of pyridine rings is 1. The van der Waals surface area contributed by atoms with Crippen LogP contribution in [0, 0.1) is 5.92 Å². The Hall–Kier alpha value is -3.94. The van der Waals surface area contributed by atoms with Gasteiger partial charge in [0.05, 0.1) is 0 Å². The lowest BCUT2D eigenvalue weighted by Crippen LogP contribution is -2.31. The molecule has 1 fully saturated rings. The number of hydrogen-bond donors (Lipinski definition) is 3. The number of anilines is 3. The van der Waals surface area contributed by atoms with Crippen molar-refractivity contribution in [2.24, 2.45) is 11.7 Å². The summed E-state index contributed by atoms with van der Waals surface area (Å²) in [6.45, 7) is 2.25. The van der Waals surface area contributed by atoms with Crippen molar-refractivity contribution in [1.82, 2.24) is 19.4 Å². The Kier molecular flexibility index (Phi) is 5.64. The van der Waals surface area contributed by atoms with E-state index in [1.165, 1.54) is 25.5 Å².